The SMILES string of the molecule is O=C(CCC1CCCCC1)C(Cl)CC1CCCCC1. The summed E-state index contributed by atoms with van der Waals surface area (Å²) in [4.78, 5) is 12.1. The van der Waals surface area contributed by atoms with E-state index in [4.69, 9.17) is 11.6 Å². The molecule has 2 heteroatoms. The van der Waals surface area contributed by atoms with Gasteiger partial charge in [0.15, 0.2) is 5.78 Å². The van der Waals surface area contributed by atoms with Crippen molar-refractivity contribution in [3.63, 3.8) is 0 Å². The Labute approximate surface area is 123 Å². The molecule has 0 saturated heterocycles. The molecule has 0 aliphatic heterocycles. The molecule has 2 rings (SSSR count). The van der Waals surface area contributed by atoms with Gasteiger partial charge >= 0.3 is 0 Å². The van der Waals surface area contributed by atoms with Gasteiger partial charge in [0.05, 0.1) is 5.38 Å². The fourth-order valence-electron chi connectivity index (χ4n) is 3.83. The Morgan fingerprint density at radius 3 is 2.00 bits per heavy atom. The number of hydrogen-bond donors (Lipinski definition) is 0. The van der Waals surface area contributed by atoms with Gasteiger partial charge in [0, 0.05) is 6.42 Å². The summed E-state index contributed by atoms with van der Waals surface area (Å²) in [5.41, 5.74) is 0. The fourth-order valence-corrected chi connectivity index (χ4v) is 4.19. The number of ketones is 1. The summed E-state index contributed by atoms with van der Waals surface area (Å²) in [6.07, 6.45) is 16.2. The van der Waals surface area contributed by atoms with Crippen LogP contribution in [0.25, 0.3) is 0 Å². The van der Waals surface area contributed by atoms with E-state index in [9.17, 15) is 4.79 Å². The van der Waals surface area contributed by atoms with Crippen LogP contribution >= 0.6 is 11.6 Å². The molecule has 19 heavy (non-hydrogen) atoms. The maximum atomic E-state index is 12.1. The number of hydrogen-bond acceptors (Lipinski definition) is 1. The van der Waals surface area contributed by atoms with E-state index in [1.165, 1.54) is 64.2 Å². The molecule has 2 saturated carbocycles. The first-order valence-electron chi connectivity index (χ1n) is 8.42. The first-order valence-corrected chi connectivity index (χ1v) is 8.86. The molecule has 0 bridgehead atoms. The lowest BCUT2D eigenvalue weighted by Crippen LogP contribution is -2.21. The number of alkyl halides is 1. The minimum absolute atomic E-state index is 0.202. The number of Topliss-reactive ketones (excluding diaryl/α,β-unsaturated/α-hetero) is 1. The maximum absolute atomic E-state index is 12.1. The average molecular weight is 285 g/mol. The lowest BCUT2D eigenvalue weighted by Gasteiger charge is -2.24. The van der Waals surface area contributed by atoms with Crippen molar-refractivity contribution in [2.45, 2.75) is 88.8 Å². The second kappa shape index (κ2) is 8.29. The first kappa shape index (κ1) is 15.4. The Kier molecular flexibility index (Phi) is 6.70. The zero-order valence-electron chi connectivity index (χ0n) is 12.2. The van der Waals surface area contributed by atoms with Crippen molar-refractivity contribution in [2.24, 2.45) is 11.8 Å². The molecule has 1 nitrogen and oxygen atoms in total. The lowest BCUT2D eigenvalue weighted by molar-refractivity contribution is -0.119. The van der Waals surface area contributed by atoms with E-state index in [1.54, 1.807) is 0 Å². The van der Waals surface area contributed by atoms with Crippen LogP contribution in [0.5, 0.6) is 0 Å². The predicted molar refractivity (Wildman–Crippen MR) is 81.6 cm³/mol. The molecule has 0 aromatic heterocycles. The molecule has 0 N–H and O–H groups in total. The number of carbonyl (C=O) groups excluding carboxylic acids is 1. The summed E-state index contributed by atoms with van der Waals surface area (Å²) in [6, 6.07) is 0. The summed E-state index contributed by atoms with van der Waals surface area (Å²) < 4.78 is 0. The van der Waals surface area contributed by atoms with Crippen molar-refractivity contribution in [1.29, 1.82) is 0 Å². The van der Waals surface area contributed by atoms with Crippen LogP contribution in [-0.2, 0) is 4.79 Å². The van der Waals surface area contributed by atoms with Crippen molar-refractivity contribution in [3.05, 3.63) is 0 Å². The summed E-state index contributed by atoms with van der Waals surface area (Å²) in [6.45, 7) is 0. The normalized spacial score (nSPS) is 24.3. The zero-order valence-corrected chi connectivity index (χ0v) is 13.0. The fraction of sp³-hybridized carbons (Fsp3) is 0.941. The first-order chi connectivity index (χ1) is 9.25. The van der Waals surface area contributed by atoms with Crippen molar-refractivity contribution < 1.29 is 4.79 Å². The van der Waals surface area contributed by atoms with Gasteiger partial charge < -0.3 is 0 Å². The largest absolute Gasteiger partial charge is 0.298 e. The third kappa shape index (κ3) is 5.45. The predicted octanol–water partition coefficient (Wildman–Crippen LogP) is 5.49. The van der Waals surface area contributed by atoms with Gasteiger partial charge in [-0.1, -0.05) is 64.2 Å². The minimum atomic E-state index is -0.202. The summed E-state index contributed by atoms with van der Waals surface area (Å²) in [5.74, 6) is 1.84. The quantitative estimate of drug-likeness (QED) is 0.589. The number of rotatable bonds is 6. The van der Waals surface area contributed by atoms with Crippen molar-refractivity contribution in [3.8, 4) is 0 Å². The molecule has 0 spiro atoms. The van der Waals surface area contributed by atoms with Crippen LogP contribution in [0.3, 0.4) is 0 Å². The number of carbonyl (C=O) groups is 1. The Morgan fingerprint density at radius 2 is 1.42 bits per heavy atom. The Hall–Kier alpha value is -0.0400. The highest BCUT2D eigenvalue weighted by atomic mass is 35.5. The van der Waals surface area contributed by atoms with Gasteiger partial charge in [-0.25, -0.2) is 0 Å². The molecule has 1 unspecified atom stereocenters. The average Bonchev–Trinajstić information content (AvgIpc) is 2.47. The topological polar surface area (TPSA) is 17.1 Å². The van der Waals surface area contributed by atoms with Crippen molar-refractivity contribution >= 4 is 17.4 Å². The second-order valence-electron chi connectivity index (χ2n) is 6.72. The van der Waals surface area contributed by atoms with E-state index < -0.39 is 0 Å². The van der Waals surface area contributed by atoms with Gasteiger partial charge in [0.2, 0.25) is 0 Å². The van der Waals surface area contributed by atoms with Gasteiger partial charge in [0.25, 0.3) is 0 Å². The molecule has 1 atom stereocenters. The van der Waals surface area contributed by atoms with Crippen LogP contribution in [0, 0.1) is 11.8 Å². The maximum Gasteiger partial charge on any atom is 0.150 e. The number of halogens is 1. The highest BCUT2D eigenvalue weighted by Crippen LogP contribution is 2.31. The molecular weight excluding hydrogens is 256 g/mol. The summed E-state index contributed by atoms with van der Waals surface area (Å²) in [5, 5.41) is -0.202. The van der Waals surface area contributed by atoms with E-state index in [1.807, 2.05) is 0 Å². The van der Waals surface area contributed by atoms with Crippen LogP contribution in [-0.4, -0.2) is 11.2 Å². The van der Waals surface area contributed by atoms with E-state index in [0.717, 1.165) is 31.1 Å². The minimum Gasteiger partial charge on any atom is -0.298 e. The van der Waals surface area contributed by atoms with E-state index >= 15 is 0 Å². The molecule has 2 aliphatic carbocycles. The van der Waals surface area contributed by atoms with Gasteiger partial charge in [0.1, 0.15) is 0 Å². The smallest absolute Gasteiger partial charge is 0.150 e. The van der Waals surface area contributed by atoms with Crippen LogP contribution in [0.15, 0.2) is 0 Å². The summed E-state index contributed by atoms with van der Waals surface area (Å²) >= 11 is 6.33. The molecule has 110 valence electrons. The molecule has 0 aromatic rings. The zero-order chi connectivity index (χ0) is 13.5. The lowest BCUT2D eigenvalue weighted by atomic mass is 9.83. The van der Waals surface area contributed by atoms with E-state index in [2.05, 4.69) is 0 Å². The molecule has 2 aliphatic rings. The molecule has 0 aromatic carbocycles. The van der Waals surface area contributed by atoms with Crippen LogP contribution in [0.4, 0.5) is 0 Å². The van der Waals surface area contributed by atoms with Crippen LogP contribution in [0.2, 0.25) is 0 Å². The molecular formula is C17H29ClO. The van der Waals surface area contributed by atoms with Crippen LogP contribution < -0.4 is 0 Å². The standard InChI is InChI=1S/C17H29ClO/c18-16(13-15-9-5-2-6-10-15)17(19)12-11-14-7-3-1-4-8-14/h14-16H,1-13H2. The highest BCUT2D eigenvalue weighted by Gasteiger charge is 2.23. The summed E-state index contributed by atoms with van der Waals surface area (Å²) in [7, 11) is 0. The molecule has 0 amide bonds. The third-order valence-corrected chi connectivity index (χ3v) is 5.56. The Bertz CT molecular complexity index is 264. The highest BCUT2D eigenvalue weighted by molar-refractivity contribution is 6.31. The van der Waals surface area contributed by atoms with E-state index in [-0.39, 0.29) is 5.38 Å². The van der Waals surface area contributed by atoms with Gasteiger partial charge in [-0.2, -0.15) is 0 Å². The monoisotopic (exact) mass is 284 g/mol. The van der Waals surface area contributed by atoms with E-state index in [0.29, 0.717) is 5.78 Å². The van der Waals surface area contributed by atoms with Crippen molar-refractivity contribution in [2.75, 3.05) is 0 Å². The van der Waals surface area contributed by atoms with Gasteiger partial charge in [-0.15, -0.1) is 11.6 Å². The Morgan fingerprint density at radius 1 is 0.895 bits per heavy atom. The Balaban J connectivity index is 1.63. The van der Waals surface area contributed by atoms with Gasteiger partial charge in [-0.05, 0) is 24.7 Å². The molecule has 0 heterocycles. The second-order valence-corrected chi connectivity index (χ2v) is 7.24. The van der Waals surface area contributed by atoms with Crippen LogP contribution in [0.1, 0.15) is 83.5 Å². The van der Waals surface area contributed by atoms with Crippen molar-refractivity contribution in [1.82, 2.24) is 0 Å². The van der Waals surface area contributed by atoms with Gasteiger partial charge in [-0.3, -0.25) is 4.79 Å². The third-order valence-electron chi connectivity index (χ3n) is 5.14. The molecule has 2 fully saturated rings. The molecule has 0 radical (unpaired) electrons.